The van der Waals surface area contributed by atoms with Crippen molar-refractivity contribution in [2.45, 2.75) is 6.42 Å². The number of hydrogen-bond acceptors (Lipinski definition) is 4. The highest BCUT2D eigenvalue weighted by Crippen LogP contribution is 2.32. The molecule has 106 valence electrons. The Morgan fingerprint density at radius 3 is 2.76 bits per heavy atom. The molecule has 0 fully saturated rings. The predicted octanol–water partition coefficient (Wildman–Crippen LogP) is 3.82. The minimum absolute atomic E-state index is 0.00398. The van der Waals surface area contributed by atoms with Crippen molar-refractivity contribution >= 4 is 27.5 Å². The van der Waals surface area contributed by atoms with Crippen LogP contribution in [-0.2, 0) is 4.79 Å². The van der Waals surface area contributed by atoms with Gasteiger partial charge in [-0.15, -0.1) is 11.3 Å². The third-order valence-electron chi connectivity index (χ3n) is 2.97. The largest absolute Gasteiger partial charge is 0.493 e. The van der Waals surface area contributed by atoms with Gasteiger partial charge in [0.15, 0.2) is 0 Å². The Kier molecular flexibility index (Phi) is 3.83. The van der Waals surface area contributed by atoms with Crippen LogP contribution in [0.1, 0.15) is 6.42 Å². The van der Waals surface area contributed by atoms with Gasteiger partial charge in [0.05, 0.1) is 23.2 Å². The first-order chi connectivity index (χ1) is 10.2. The van der Waals surface area contributed by atoms with Gasteiger partial charge in [-0.3, -0.25) is 4.79 Å². The van der Waals surface area contributed by atoms with E-state index >= 15 is 0 Å². The van der Waals surface area contributed by atoms with Crippen molar-refractivity contribution in [1.82, 2.24) is 4.98 Å². The summed E-state index contributed by atoms with van der Waals surface area (Å²) in [7, 11) is 0. The number of thiazole rings is 1. The highest BCUT2D eigenvalue weighted by molar-refractivity contribution is 7.21. The number of aromatic nitrogens is 1. The highest BCUT2D eigenvalue weighted by Gasteiger charge is 2.07. The van der Waals surface area contributed by atoms with Crippen LogP contribution >= 0.6 is 11.3 Å². The topological polar surface area (TPSA) is 59.4 Å². The van der Waals surface area contributed by atoms with Crippen LogP contribution in [0.4, 0.5) is 0 Å². The molecule has 1 heterocycles. The number of aliphatic carboxylic acids is 1. The van der Waals surface area contributed by atoms with Crippen LogP contribution in [0.5, 0.6) is 5.75 Å². The van der Waals surface area contributed by atoms with Gasteiger partial charge in [-0.05, 0) is 18.2 Å². The summed E-state index contributed by atoms with van der Waals surface area (Å²) >= 11 is 1.60. The zero-order valence-corrected chi connectivity index (χ0v) is 12.0. The lowest BCUT2D eigenvalue weighted by Gasteiger charge is -2.03. The van der Waals surface area contributed by atoms with E-state index in [0.29, 0.717) is 5.75 Å². The summed E-state index contributed by atoms with van der Waals surface area (Å²) in [6.07, 6.45) is -0.00398. The fourth-order valence-corrected chi connectivity index (χ4v) is 2.95. The molecule has 3 aromatic rings. The van der Waals surface area contributed by atoms with Gasteiger partial charge in [-0.2, -0.15) is 0 Å². The molecule has 21 heavy (non-hydrogen) atoms. The molecule has 0 unspecified atom stereocenters. The lowest BCUT2D eigenvalue weighted by molar-refractivity contribution is -0.137. The van der Waals surface area contributed by atoms with Crippen LogP contribution in [0.3, 0.4) is 0 Å². The normalized spacial score (nSPS) is 10.7. The first kappa shape index (κ1) is 13.6. The third kappa shape index (κ3) is 3.20. The van der Waals surface area contributed by atoms with Crippen LogP contribution in [0.25, 0.3) is 20.8 Å². The molecule has 3 rings (SSSR count). The number of hydrogen-bond donors (Lipinski definition) is 1. The van der Waals surface area contributed by atoms with E-state index in [4.69, 9.17) is 9.84 Å². The maximum atomic E-state index is 10.5. The van der Waals surface area contributed by atoms with Gasteiger partial charge in [0, 0.05) is 5.56 Å². The van der Waals surface area contributed by atoms with E-state index in [2.05, 4.69) is 4.98 Å². The quantitative estimate of drug-likeness (QED) is 0.778. The average Bonchev–Trinajstić information content (AvgIpc) is 2.91. The number of rotatable bonds is 5. The molecule has 1 N–H and O–H groups in total. The molecule has 0 radical (unpaired) electrons. The summed E-state index contributed by atoms with van der Waals surface area (Å²) < 4.78 is 6.47. The standard InChI is InChI=1S/C16H13NO3S/c18-15(19)8-9-20-12-6-7-13-14(10-12)21-16(17-13)11-4-2-1-3-5-11/h1-7,10H,8-9H2,(H,18,19). The number of carboxylic acid groups (broad SMARTS) is 1. The van der Waals surface area contributed by atoms with Crippen molar-refractivity contribution in [3.8, 4) is 16.3 Å². The van der Waals surface area contributed by atoms with E-state index in [-0.39, 0.29) is 13.0 Å². The van der Waals surface area contributed by atoms with Crippen LogP contribution in [-0.4, -0.2) is 22.7 Å². The van der Waals surface area contributed by atoms with E-state index < -0.39 is 5.97 Å². The van der Waals surface area contributed by atoms with Gasteiger partial charge in [0.25, 0.3) is 0 Å². The molecular weight excluding hydrogens is 286 g/mol. The lowest BCUT2D eigenvalue weighted by Crippen LogP contribution is -2.04. The zero-order valence-electron chi connectivity index (χ0n) is 11.2. The third-order valence-corrected chi connectivity index (χ3v) is 4.03. The molecule has 0 spiro atoms. The number of carboxylic acids is 1. The van der Waals surface area contributed by atoms with E-state index in [1.807, 2.05) is 48.5 Å². The average molecular weight is 299 g/mol. The number of carbonyl (C=O) groups is 1. The number of benzene rings is 2. The lowest BCUT2D eigenvalue weighted by atomic mass is 10.2. The van der Waals surface area contributed by atoms with Crippen LogP contribution in [0.2, 0.25) is 0 Å². The van der Waals surface area contributed by atoms with Gasteiger partial charge in [0.1, 0.15) is 10.8 Å². The molecular formula is C16H13NO3S. The molecule has 0 saturated heterocycles. The Bertz CT molecular complexity index is 768. The molecule has 0 aliphatic heterocycles. The van der Waals surface area contributed by atoms with Gasteiger partial charge in [-0.25, -0.2) is 4.98 Å². The van der Waals surface area contributed by atoms with Crippen molar-refractivity contribution in [2.75, 3.05) is 6.61 Å². The second kappa shape index (κ2) is 5.93. The smallest absolute Gasteiger partial charge is 0.306 e. The minimum atomic E-state index is -0.861. The maximum absolute atomic E-state index is 10.5. The highest BCUT2D eigenvalue weighted by atomic mass is 32.1. The van der Waals surface area contributed by atoms with Crippen molar-refractivity contribution in [3.05, 3.63) is 48.5 Å². The van der Waals surface area contributed by atoms with Gasteiger partial charge in [0.2, 0.25) is 0 Å². The minimum Gasteiger partial charge on any atom is -0.493 e. The molecule has 4 nitrogen and oxygen atoms in total. The summed E-state index contributed by atoms with van der Waals surface area (Å²) in [6, 6.07) is 15.6. The van der Waals surface area contributed by atoms with Crippen molar-refractivity contribution in [1.29, 1.82) is 0 Å². The first-order valence-electron chi connectivity index (χ1n) is 6.53. The molecule has 0 atom stereocenters. The Balaban J connectivity index is 1.83. The molecule has 0 aliphatic carbocycles. The SMILES string of the molecule is O=C(O)CCOc1ccc2nc(-c3ccccc3)sc2c1. The molecule has 1 aromatic heterocycles. The molecule has 5 heteroatoms. The maximum Gasteiger partial charge on any atom is 0.306 e. The molecule has 0 aliphatic rings. The van der Waals surface area contributed by atoms with Crippen molar-refractivity contribution in [3.63, 3.8) is 0 Å². The summed E-state index contributed by atoms with van der Waals surface area (Å²) in [4.78, 5) is 15.1. The van der Waals surface area contributed by atoms with Gasteiger partial charge in [-0.1, -0.05) is 30.3 Å². The molecule has 2 aromatic carbocycles. The second-order valence-corrected chi connectivity index (χ2v) is 5.54. The Morgan fingerprint density at radius 1 is 1.19 bits per heavy atom. The van der Waals surface area contributed by atoms with Crippen LogP contribution in [0, 0.1) is 0 Å². The van der Waals surface area contributed by atoms with E-state index in [0.717, 1.165) is 20.8 Å². The van der Waals surface area contributed by atoms with E-state index in [9.17, 15) is 4.79 Å². The summed E-state index contributed by atoms with van der Waals surface area (Å²) in [5.41, 5.74) is 2.01. The summed E-state index contributed by atoms with van der Waals surface area (Å²) in [5, 5.41) is 9.57. The van der Waals surface area contributed by atoms with E-state index in [1.165, 1.54) is 0 Å². The summed E-state index contributed by atoms with van der Waals surface area (Å²) in [5.74, 6) is -0.188. The van der Waals surface area contributed by atoms with E-state index in [1.54, 1.807) is 11.3 Å². The first-order valence-corrected chi connectivity index (χ1v) is 7.34. The number of nitrogens with zero attached hydrogens (tertiary/aromatic N) is 1. The van der Waals surface area contributed by atoms with Gasteiger partial charge < -0.3 is 9.84 Å². The van der Waals surface area contributed by atoms with Crippen molar-refractivity contribution < 1.29 is 14.6 Å². The zero-order chi connectivity index (χ0) is 14.7. The van der Waals surface area contributed by atoms with Crippen molar-refractivity contribution in [2.24, 2.45) is 0 Å². The fraction of sp³-hybridized carbons (Fsp3) is 0.125. The Labute approximate surface area is 125 Å². The Hall–Kier alpha value is -2.40. The fourth-order valence-electron chi connectivity index (χ4n) is 1.96. The Morgan fingerprint density at radius 2 is 2.00 bits per heavy atom. The molecule has 0 amide bonds. The molecule has 0 saturated carbocycles. The number of fused-ring (bicyclic) bond motifs is 1. The molecule has 0 bridgehead atoms. The summed E-state index contributed by atoms with van der Waals surface area (Å²) in [6.45, 7) is 0.172. The van der Waals surface area contributed by atoms with Crippen LogP contribution < -0.4 is 4.74 Å². The van der Waals surface area contributed by atoms with Gasteiger partial charge >= 0.3 is 5.97 Å². The number of ether oxygens (including phenoxy) is 1. The second-order valence-electron chi connectivity index (χ2n) is 4.51. The monoisotopic (exact) mass is 299 g/mol. The predicted molar refractivity (Wildman–Crippen MR) is 82.8 cm³/mol. The van der Waals surface area contributed by atoms with Crippen LogP contribution in [0.15, 0.2) is 48.5 Å².